The highest BCUT2D eigenvalue weighted by molar-refractivity contribution is 5.91. The molecule has 0 saturated carbocycles. The number of carbonyl (C=O) groups excluding carboxylic acids is 3. The van der Waals surface area contributed by atoms with Crippen molar-refractivity contribution < 1.29 is 46.5 Å². The van der Waals surface area contributed by atoms with Crippen LogP contribution in [0.3, 0.4) is 0 Å². The normalized spacial score (nSPS) is 20.3. The van der Waals surface area contributed by atoms with Crippen LogP contribution in [-0.2, 0) is 38.9 Å². The molecule has 1 fully saturated rings. The van der Waals surface area contributed by atoms with E-state index in [2.05, 4.69) is 6.08 Å². The molecule has 2 aliphatic rings. The molecule has 1 aromatic rings. The number of allylic oxidation sites excluding steroid dienone is 4. The summed E-state index contributed by atoms with van der Waals surface area (Å²) in [6, 6.07) is 6.64. The highest BCUT2D eigenvalue weighted by atomic mass is 19.4. The fraction of sp³-hybridized carbons (Fsp3) is 0.457. The smallest absolute Gasteiger partial charge is 0.432 e. The molecule has 3 rings (SSSR count). The zero-order valence-corrected chi connectivity index (χ0v) is 26.4. The number of ether oxygens (including phenoxy) is 4. The van der Waals surface area contributed by atoms with Crippen molar-refractivity contribution in [3.63, 3.8) is 0 Å². The number of halogens is 3. The van der Waals surface area contributed by atoms with Gasteiger partial charge in [0, 0.05) is 37.2 Å². The van der Waals surface area contributed by atoms with E-state index in [9.17, 15) is 27.6 Å². The van der Waals surface area contributed by atoms with E-state index in [1.54, 1.807) is 13.0 Å². The third-order valence-corrected chi connectivity index (χ3v) is 7.65. The number of rotatable bonds is 14. The van der Waals surface area contributed by atoms with Gasteiger partial charge in [-0.25, -0.2) is 14.4 Å². The molecule has 2 aliphatic heterocycles. The van der Waals surface area contributed by atoms with Crippen LogP contribution in [-0.4, -0.2) is 50.0 Å². The van der Waals surface area contributed by atoms with E-state index in [4.69, 9.17) is 18.9 Å². The molecule has 0 aromatic heterocycles. The Hall–Kier alpha value is -3.92. The van der Waals surface area contributed by atoms with E-state index in [0.29, 0.717) is 43.4 Å². The summed E-state index contributed by atoms with van der Waals surface area (Å²) in [4.78, 5) is 37.2. The van der Waals surface area contributed by atoms with Crippen molar-refractivity contribution in [2.45, 2.75) is 90.2 Å². The number of methoxy groups -OCH3 is 1. The Kier molecular flexibility index (Phi) is 12.6. The average Bonchev–Trinajstić information content (AvgIpc) is 3.54. The van der Waals surface area contributed by atoms with Crippen molar-refractivity contribution in [1.29, 1.82) is 0 Å². The van der Waals surface area contributed by atoms with Gasteiger partial charge in [0.2, 0.25) is 0 Å². The largest absolute Gasteiger partial charge is 0.458 e. The van der Waals surface area contributed by atoms with Gasteiger partial charge >= 0.3 is 24.1 Å². The van der Waals surface area contributed by atoms with E-state index in [0.717, 1.165) is 30.2 Å². The third kappa shape index (κ3) is 9.53. The van der Waals surface area contributed by atoms with E-state index >= 15 is 0 Å². The first-order chi connectivity index (χ1) is 21.3. The summed E-state index contributed by atoms with van der Waals surface area (Å²) >= 11 is 0. The number of cyclic esters (lactones) is 2. The van der Waals surface area contributed by atoms with Crippen molar-refractivity contribution in [2.24, 2.45) is 0 Å². The molecule has 7 nitrogen and oxygen atoms in total. The zero-order valence-electron chi connectivity index (χ0n) is 26.4. The van der Waals surface area contributed by atoms with Crippen LogP contribution in [0.4, 0.5) is 13.2 Å². The molecule has 0 N–H and O–H groups in total. The summed E-state index contributed by atoms with van der Waals surface area (Å²) in [5.41, 5.74) is 0.173. The number of alkyl halides is 3. The van der Waals surface area contributed by atoms with Gasteiger partial charge in [-0.05, 0) is 70.6 Å². The minimum atomic E-state index is -5.12. The molecule has 1 unspecified atom stereocenters. The van der Waals surface area contributed by atoms with Crippen molar-refractivity contribution in [1.82, 2.24) is 0 Å². The lowest BCUT2D eigenvalue weighted by atomic mass is 9.92. The number of carbonyl (C=O) groups is 3. The van der Waals surface area contributed by atoms with Gasteiger partial charge in [0.25, 0.3) is 5.60 Å². The van der Waals surface area contributed by atoms with Crippen LogP contribution >= 0.6 is 0 Å². The van der Waals surface area contributed by atoms with Crippen molar-refractivity contribution in [3.8, 4) is 0 Å². The Bertz CT molecular complexity index is 1380. The molecular weight excluding hydrogens is 589 g/mol. The quantitative estimate of drug-likeness (QED) is 0.0909. The number of hydrogen-bond acceptors (Lipinski definition) is 7. The number of benzene rings is 1. The second kappa shape index (κ2) is 15.9. The van der Waals surface area contributed by atoms with Gasteiger partial charge in [0.15, 0.2) is 0 Å². The molecule has 45 heavy (non-hydrogen) atoms. The van der Waals surface area contributed by atoms with Crippen LogP contribution in [0, 0.1) is 0 Å². The van der Waals surface area contributed by atoms with Crippen molar-refractivity contribution in [2.75, 3.05) is 13.7 Å². The minimum absolute atomic E-state index is 0.0305. The van der Waals surface area contributed by atoms with Crippen molar-refractivity contribution >= 4 is 17.9 Å². The first-order valence-electron chi connectivity index (χ1n) is 14.9. The van der Waals surface area contributed by atoms with Crippen LogP contribution in [0.5, 0.6) is 0 Å². The Labute approximate surface area is 262 Å². The molecule has 1 saturated heterocycles. The maximum Gasteiger partial charge on any atom is 0.432 e. The maximum atomic E-state index is 14.6. The first-order valence-corrected chi connectivity index (χ1v) is 14.9. The topological polar surface area (TPSA) is 88.1 Å². The standard InChI is InChI=1S/C35H41F3O7/c1-23(2)19-29-21-27(32(40)44-29)17-18-30(25(4)13-9-11-24(3)12-10-14-26-20-31(39)43-22-26)45-33(41)34(42-5,35(36,37)38)28-15-7-6-8-16-28/h6-8,12-13,15-17,19-20,29-30H,9-11,14,18,21-22H2,1-5H3/b24-12+,25-13+,27-17-/t29?,30-,34-/m1/s1. The predicted molar refractivity (Wildman–Crippen MR) is 163 cm³/mol. The summed E-state index contributed by atoms with van der Waals surface area (Å²) in [6.07, 6.45) is 5.08. The van der Waals surface area contributed by atoms with E-state index in [1.165, 1.54) is 36.4 Å². The fourth-order valence-corrected chi connectivity index (χ4v) is 5.18. The molecular formula is C35H41F3O7. The molecule has 10 heteroatoms. The molecule has 0 amide bonds. The van der Waals surface area contributed by atoms with E-state index in [1.807, 2.05) is 32.9 Å². The second-order valence-corrected chi connectivity index (χ2v) is 11.5. The monoisotopic (exact) mass is 630 g/mol. The summed E-state index contributed by atoms with van der Waals surface area (Å²) < 4.78 is 64.5. The van der Waals surface area contributed by atoms with Crippen LogP contribution in [0.1, 0.15) is 71.8 Å². The minimum Gasteiger partial charge on any atom is -0.458 e. The molecule has 0 bridgehead atoms. The van der Waals surface area contributed by atoms with Crippen molar-refractivity contribution in [3.05, 3.63) is 94.1 Å². The third-order valence-electron chi connectivity index (χ3n) is 7.65. The van der Waals surface area contributed by atoms with E-state index < -0.39 is 41.5 Å². The Morgan fingerprint density at radius 1 is 1.07 bits per heavy atom. The Morgan fingerprint density at radius 3 is 2.38 bits per heavy atom. The molecule has 3 atom stereocenters. The first kappa shape index (κ1) is 35.6. The van der Waals surface area contributed by atoms with Gasteiger partial charge in [-0.1, -0.05) is 59.7 Å². The maximum absolute atomic E-state index is 14.6. The zero-order chi connectivity index (χ0) is 33.2. The molecule has 0 spiro atoms. The average molecular weight is 631 g/mol. The Morgan fingerprint density at radius 2 is 1.78 bits per heavy atom. The van der Waals surface area contributed by atoms with Crippen LogP contribution in [0.15, 0.2) is 88.6 Å². The predicted octanol–water partition coefficient (Wildman–Crippen LogP) is 7.54. The van der Waals surface area contributed by atoms with Gasteiger partial charge in [0.05, 0.1) is 0 Å². The Balaban J connectivity index is 1.81. The van der Waals surface area contributed by atoms with Gasteiger partial charge in [-0.15, -0.1) is 0 Å². The highest BCUT2D eigenvalue weighted by Gasteiger charge is 2.64. The summed E-state index contributed by atoms with van der Waals surface area (Å²) in [5.74, 6) is -2.44. The number of hydrogen-bond donors (Lipinski definition) is 0. The van der Waals surface area contributed by atoms with Crippen LogP contribution in [0.2, 0.25) is 0 Å². The molecule has 1 aromatic carbocycles. The highest BCUT2D eigenvalue weighted by Crippen LogP contribution is 2.43. The molecule has 0 radical (unpaired) electrons. The SMILES string of the molecule is CO[C@@](C(=O)O[C@H](C/C=C1/CC(C=C(C)C)OC1=O)/C(C)=C/CC/C(C)=C/CCC1=CC(=O)OC1)(c1ccccc1)C(F)(F)F. The van der Waals surface area contributed by atoms with E-state index in [-0.39, 0.29) is 12.4 Å². The molecule has 2 heterocycles. The molecule has 0 aliphatic carbocycles. The fourth-order valence-electron chi connectivity index (χ4n) is 5.18. The molecule has 244 valence electrons. The summed E-state index contributed by atoms with van der Waals surface area (Å²) in [6.45, 7) is 7.75. The summed E-state index contributed by atoms with van der Waals surface area (Å²) in [7, 11) is 0.822. The lowest BCUT2D eigenvalue weighted by molar-refractivity contribution is -0.277. The second-order valence-electron chi connectivity index (χ2n) is 11.5. The summed E-state index contributed by atoms with van der Waals surface area (Å²) in [5, 5.41) is 0. The lowest BCUT2D eigenvalue weighted by Gasteiger charge is -2.34. The lowest BCUT2D eigenvalue weighted by Crippen LogP contribution is -2.52. The van der Waals surface area contributed by atoms with Gasteiger partial charge in [-0.3, -0.25) is 0 Å². The van der Waals surface area contributed by atoms with Crippen LogP contribution in [0.25, 0.3) is 0 Å². The number of esters is 3. The van der Waals surface area contributed by atoms with Crippen LogP contribution < -0.4 is 0 Å². The van der Waals surface area contributed by atoms with Gasteiger partial charge in [0.1, 0.15) is 18.8 Å². The van der Waals surface area contributed by atoms with Gasteiger partial charge in [-0.2, -0.15) is 13.2 Å². The van der Waals surface area contributed by atoms with Gasteiger partial charge < -0.3 is 18.9 Å².